The summed E-state index contributed by atoms with van der Waals surface area (Å²) in [5.41, 5.74) is -0.114. The summed E-state index contributed by atoms with van der Waals surface area (Å²) >= 11 is 0. The van der Waals surface area contributed by atoms with E-state index in [2.05, 4.69) is 15.3 Å². The van der Waals surface area contributed by atoms with Crippen molar-refractivity contribution >= 4 is 29.5 Å². The van der Waals surface area contributed by atoms with Crippen molar-refractivity contribution in [3.05, 3.63) is 11.4 Å². The van der Waals surface area contributed by atoms with Crippen LogP contribution in [0, 0.1) is 16.2 Å². The molecule has 0 saturated carbocycles. The van der Waals surface area contributed by atoms with Crippen LogP contribution in [0.2, 0.25) is 0 Å². The minimum absolute atomic E-state index is 0.0732. The number of nitrogens with zero attached hydrogens (tertiary/aromatic N) is 4. The lowest BCUT2D eigenvalue weighted by Crippen LogP contribution is -2.35. The highest BCUT2D eigenvalue weighted by atomic mass is 19.3. The molecule has 0 atom stereocenters. The van der Waals surface area contributed by atoms with E-state index in [1.807, 2.05) is 20.8 Å². The van der Waals surface area contributed by atoms with Crippen LogP contribution in [0.15, 0.2) is 0 Å². The first-order valence-electron chi connectivity index (χ1n) is 9.01. The number of hydrogen-bond acceptors (Lipinski definition) is 7. The third-order valence-corrected chi connectivity index (χ3v) is 4.54. The average Bonchev–Trinajstić information content (AvgIpc) is 2.96. The van der Waals surface area contributed by atoms with Crippen molar-refractivity contribution < 1.29 is 8.78 Å². The van der Waals surface area contributed by atoms with E-state index in [4.69, 9.17) is 16.2 Å². The summed E-state index contributed by atoms with van der Waals surface area (Å²) in [6, 6.07) is 0. The van der Waals surface area contributed by atoms with Crippen molar-refractivity contribution in [1.29, 1.82) is 16.2 Å². The van der Waals surface area contributed by atoms with Gasteiger partial charge in [0.15, 0.2) is 0 Å². The van der Waals surface area contributed by atoms with E-state index >= 15 is 0 Å². The van der Waals surface area contributed by atoms with Gasteiger partial charge < -0.3 is 20.5 Å². The molecule has 0 radical (unpaired) electrons. The largest absolute Gasteiger partial charge is 0.362 e. The van der Waals surface area contributed by atoms with Gasteiger partial charge in [-0.05, 0) is 6.92 Å². The Morgan fingerprint density at radius 2 is 1.96 bits per heavy atom. The molecule has 2 heterocycles. The molecule has 1 aromatic heterocycles. The molecular weight excluding hydrogens is 366 g/mol. The molecule has 4 N–H and O–H groups in total. The summed E-state index contributed by atoms with van der Waals surface area (Å²) < 4.78 is 27.5. The lowest BCUT2D eigenvalue weighted by Gasteiger charge is -2.26. The van der Waals surface area contributed by atoms with Crippen molar-refractivity contribution in [2.45, 2.75) is 45.5 Å². The van der Waals surface area contributed by atoms with Crippen LogP contribution < -0.4 is 10.2 Å². The van der Waals surface area contributed by atoms with E-state index in [0.29, 0.717) is 23.0 Å². The van der Waals surface area contributed by atoms with Gasteiger partial charge in [0.25, 0.3) is 5.92 Å². The van der Waals surface area contributed by atoms with Crippen LogP contribution in [-0.2, 0) is 5.41 Å². The molecule has 0 aliphatic carbocycles. The molecule has 0 amide bonds. The van der Waals surface area contributed by atoms with E-state index in [1.165, 1.54) is 9.80 Å². The zero-order valence-corrected chi connectivity index (χ0v) is 17.0. The lowest BCUT2D eigenvalue weighted by atomic mass is 9.95. The normalized spacial score (nSPS) is 16.0. The highest BCUT2D eigenvalue weighted by molar-refractivity contribution is 5.99. The molecule has 8 nitrogen and oxygen atoms in total. The molecule has 0 aromatic carbocycles. The fourth-order valence-electron chi connectivity index (χ4n) is 2.71. The summed E-state index contributed by atoms with van der Waals surface area (Å²) in [6.45, 7) is 7.13. The van der Waals surface area contributed by atoms with Crippen LogP contribution in [0.3, 0.4) is 0 Å². The number of nitrogens with one attached hydrogen (secondary N) is 4. The summed E-state index contributed by atoms with van der Waals surface area (Å²) in [5.74, 6) is -1.33. The number of rotatable bonds is 5. The van der Waals surface area contributed by atoms with E-state index < -0.39 is 17.9 Å². The van der Waals surface area contributed by atoms with Crippen LogP contribution in [0.4, 0.5) is 20.4 Å². The number of anilines is 2. The SMILES string of the molecule is CC(=N)N(C)C(=N)CNc1nc(C(C)(C)C)nc(N2CCC(F)(F)C2)c1C=N. The highest BCUT2D eigenvalue weighted by Crippen LogP contribution is 2.34. The fraction of sp³-hybridized carbons (Fsp3) is 0.611. The van der Waals surface area contributed by atoms with E-state index in [-0.39, 0.29) is 31.2 Å². The van der Waals surface area contributed by atoms with Crippen LogP contribution in [0.1, 0.15) is 45.5 Å². The molecule has 1 aliphatic heterocycles. The molecule has 1 saturated heterocycles. The number of halogens is 2. The Morgan fingerprint density at radius 3 is 2.43 bits per heavy atom. The number of likely N-dealkylation sites (N-methyl/N-ethyl adjacent to an activating group) is 1. The average molecular weight is 394 g/mol. The summed E-state index contributed by atoms with van der Waals surface area (Å²) in [5, 5.41) is 26.5. The number of hydrogen-bond donors (Lipinski definition) is 4. The van der Waals surface area contributed by atoms with Crippen molar-refractivity contribution in [3.8, 4) is 0 Å². The van der Waals surface area contributed by atoms with E-state index in [9.17, 15) is 8.78 Å². The second kappa shape index (κ2) is 7.76. The third-order valence-electron chi connectivity index (χ3n) is 4.54. The molecule has 28 heavy (non-hydrogen) atoms. The molecule has 0 bridgehead atoms. The standard InChI is InChI=1S/C18H28F2N8/c1-11(22)27(5)13(23)9-24-14-12(8-21)15(26-16(25-14)17(2,3)4)28-7-6-18(19,20)10-28/h8,21-23H,6-7,9-10H2,1-5H3,(H,24,25,26). The minimum atomic E-state index is -2.79. The Morgan fingerprint density at radius 1 is 1.32 bits per heavy atom. The summed E-state index contributed by atoms with van der Waals surface area (Å²) in [4.78, 5) is 11.9. The van der Waals surface area contributed by atoms with Crippen molar-refractivity contribution in [1.82, 2.24) is 14.9 Å². The highest BCUT2D eigenvalue weighted by Gasteiger charge is 2.40. The smallest absolute Gasteiger partial charge is 0.266 e. The molecular formula is C18H28F2N8. The maximum absolute atomic E-state index is 13.8. The van der Waals surface area contributed by atoms with Gasteiger partial charge in [-0.2, -0.15) is 0 Å². The molecule has 0 spiro atoms. The lowest BCUT2D eigenvalue weighted by molar-refractivity contribution is 0.0256. The third kappa shape index (κ3) is 4.79. The molecule has 10 heteroatoms. The molecule has 154 valence electrons. The Bertz CT molecular complexity index is 785. The zero-order chi connectivity index (χ0) is 21.3. The van der Waals surface area contributed by atoms with E-state index in [1.54, 1.807) is 14.0 Å². The molecule has 0 unspecified atom stereocenters. The Labute approximate surface area is 163 Å². The maximum Gasteiger partial charge on any atom is 0.266 e. The molecule has 2 rings (SSSR count). The van der Waals surface area contributed by atoms with E-state index in [0.717, 1.165) is 6.21 Å². The summed E-state index contributed by atoms with van der Waals surface area (Å²) in [7, 11) is 1.61. The maximum atomic E-state index is 13.8. The van der Waals surface area contributed by atoms with Crippen LogP contribution in [-0.4, -0.2) is 65.4 Å². The van der Waals surface area contributed by atoms with Gasteiger partial charge in [0, 0.05) is 31.6 Å². The Hall–Kier alpha value is -2.65. The van der Waals surface area contributed by atoms with Crippen LogP contribution in [0.5, 0.6) is 0 Å². The summed E-state index contributed by atoms with van der Waals surface area (Å²) in [6.07, 6.45) is 0.797. The van der Waals surface area contributed by atoms with Gasteiger partial charge in [0.1, 0.15) is 23.3 Å². The Balaban J connectivity index is 2.43. The monoisotopic (exact) mass is 394 g/mol. The van der Waals surface area contributed by atoms with Crippen LogP contribution in [0.25, 0.3) is 0 Å². The van der Waals surface area contributed by atoms with Crippen molar-refractivity contribution in [3.63, 3.8) is 0 Å². The first-order valence-corrected chi connectivity index (χ1v) is 9.01. The van der Waals surface area contributed by atoms with Crippen LogP contribution >= 0.6 is 0 Å². The second-order valence-corrected chi connectivity index (χ2v) is 8.00. The van der Waals surface area contributed by atoms with Crippen molar-refractivity contribution in [2.24, 2.45) is 0 Å². The molecule has 1 aliphatic rings. The fourth-order valence-corrected chi connectivity index (χ4v) is 2.71. The van der Waals surface area contributed by atoms with Gasteiger partial charge in [-0.25, -0.2) is 18.7 Å². The van der Waals surface area contributed by atoms with Gasteiger partial charge >= 0.3 is 0 Å². The number of alkyl halides is 2. The van der Waals surface area contributed by atoms with Gasteiger partial charge in [0.2, 0.25) is 0 Å². The number of aromatic nitrogens is 2. The predicted octanol–water partition coefficient (Wildman–Crippen LogP) is 2.94. The first-order chi connectivity index (χ1) is 12.9. The van der Waals surface area contributed by atoms with Gasteiger partial charge in [0.05, 0.1) is 24.5 Å². The molecule has 1 fully saturated rings. The van der Waals surface area contributed by atoms with Gasteiger partial charge in [-0.1, -0.05) is 20.8 Å². The predicted molar refractivity (Wildman–Crippen MR) is 108 cm³/mol. The topological polar surface area (TPSA) is 116 Å². The minimum Gasteiger partial charge on any atom is -0.362 e. The van der Waals surface area contributed by atoms with Crippen molar-refractivity contribution in [2.75, 3.05) is 36.9 Å². The van der Waals surface area contributed by atoms with Gasteiger partial charge in [-0.15, -0.1) is 0 Å². The molecule has 1 aromatic rings. The quantitative estimate of drug-likeness (QED) is 0.453. The Kier molecular flexibility index (Phi) is 6.00. The zero-order valence-electron chi connectivity index (χ0n) is 17.0. The second-order valence-electron chi connectivity index (χ2n) is 8.00. The first kappa shape index (κ1) is 21.6. The number of amidine groups is 2. The van der Waals surface area contributed by atoms with Gasteiger partial charge in [-0.3, -0.25) is 10.8 Å².